The Balaban J connectivity index is 1.67. The number of piperidine rings is 1. The molecule has 0 radical (unpaired) electrons. The Morgan fingerprint density at radius 2 is 2.19 bits per heavy atom. The summed E-state index contributed by atoms with van der Waals surface area (Å²) in [6, 6.07) is 10.2. The van der Waals surface area contributed by atoms with Gasteiger partial charge in [0.1, 0.15) is 0 Å². The highest BCUT2D eigenvalue weighted by Gasteiger charge is 2.24. The Kier molecular flexibility index (Phi) is 5.81. The molecule has 2 rings (SSSR count). The smallest absolute Gasteiger partial charge is 0.407 e. The van der Waals surface area contributed by atoms with E-state index in [9.17, 15) is 4.79 Å². The van der Waals surface area contributed by atoms with Crippen LogP contribution in [0.1, 0.15) is 31.7 Å². The van der Waals surface area contributed by atoms with Gasteiger partial charge in [-0.2, -0.15) is 0 Å². The Bertz CT molecular complexity index is 484. The lowest BCUT2D eigenvalue weighted by atomic mass is 9.97. The van der Waals surface area contributed by atoms with Crippen LogP contribution in [0.2, 0.25) is 0 Å². The van der Waals surface area contributed by atoms with Crippen LogP contribution in [0.15, 0.2) is 42.0 Å². The summed E-state index contributed by atoms with van der Waals surface area (Å²) in [4.78, 5) is 12.5. The standard InChI is InChI=1S/C17H23NO3/c1-14-12-15(9-10-18(14)17(19)20)8-5-11-21-13-16-6-3-2-4-7-16/h2-4,6-8,14H,5,9-13H2,1H3,(H,19,20)/b15-8+/t14-/m1/s1. The van der Waals surface area contributed by atoms with Crippen LogP contribution in [0.4, 0.5) is 4.79 Å². The van der Waals surface area contributed by atoms with Crippen molar-refractivity contribution in [3.63, 3.8) is 0 Å². The molecule has 4 heteroatoms. The molecule has 1 saturated heterocycles. The number of ether oxygens (including phenoxy) is 1. The van der Waals surface area contributed by atoms with Crippen molar-refractivity contribution >= 4 is 6.09 Å². The molecule has 1 aromatic rings. The summed E-state index contributed by atoms with van der Waals surface area (Å²) in [5, 5.41) is 9.04. The minimum absolute atomic E-state index is 0.0766. The second-order valence-corrected chi connectivity index (χ2v) is 5.47. The summed E-state index contributed by atoms with van der Waals surface area (Å²) in [6.45, 7) is 3.92. The number of rotatable bonds is 5. The molecule has 1 aliphatic heterocycles. The fourth-order valence-corrected chi connectivity index (χ4v) is 2.66. The summed E-state index contributed by atoms with van der Waals surface area (Å²) in [5.41, 5.74) is 2.54. The summed E-state index contributed by atoms with van der Waals surface area (Å²) >= 11 is 0. The first-order valence-corrected chi connectivity index (χ1v) is 7.46. The van der Waals surface area contributed by atoms with Crippen LogP contribution in [0, 0.1) is 0 Å². The van der Waals surface area contributed by atoms with Gasteiger partial charge >= 0.3 is 6.09 Å². The van der Waals surface area contributed by atoms with Crippen LogP contribution in [0.5, 0.6) is 0 Å². The first-order chi connectivity index (χ1) is 10.2. The summed E-state index contributed by atoms with van der Waals surface area (Å²) < 4.78 is 5.65. The first-order valence-electron chi connectivity index (χ1n) is 7.46. The summed E-state index contributed by atoms with van der Waals surface area (Å²) in [5.74, 6) is 0. The van der Waals surface area contributed by atoms with Crippen LogP contribution < -0.4 is 0 Å². The van der Waals surface area contributed by atoms with Crippen molar-refractivity contribution in [1.82, 2.24) is 4.90 Å². The van der Waals surface area contributed by atoms with E-state index < -0.39 is 6.09 Å². The van der Waals surface area contributed by atoms with Crippen LogP contribution in [0.3, 0.4) is 0 Å². The maximum Gasteiger partial charge on any atom is 0.407 e. The van der Waals surface area contributed by atoms with Gasteiger partial charge in [-0.15, -0.1) is 0 Å². The fourth-order valence-electron chi connectivity index (χ4n) is 2.66. The molecule has 0 aliphatic carbocycles. The molecule has 1 N–H and O–H groups in total. The third-order valence-corrected chi connectivity index (χ3v) is 3.82. The molecular weight excluding hydrogens is 266 g/mol. The van der Waals surface area contributed by atoms with Crippen molar-refractivity contribution in [2.45, 2.75) is 38.8 Å². The quantitative estimate of drug-likeness (QED) is 0.664. The average molecular weight is 289 g/mol. The average Bonchev–Trinajstić information content (AvgIpc) is 2.47. The lowest BCUT2D eigenvalue weighted by Crippen LogP contribution is -2.41. The molecule has 0 bridgehead atoms. The molecule has 0 saturated carbocycles. The zero-order valence-corrected chi connectivity index (χ0v) is 12.5. The van der Waals surface area contributed by atoms with E-state index >= 15 is 0 Å². The normalized spacial score (nSPS) is 20.7. The Morgan fingerprint density at radius 1 is 1.43 bits per heavy atom. The highest BCUT2D eigenvalue weighted by molar-refractivity contribution is 5.65. The van der Waals surface area contributed by atoms with Crippen molar-refractivity contribution in [1.29, 1.82) is 0 Å². The van der Waals surface area contributed by atoms with Gasteiger partial charge in [-0.1, -0.05) is 42.0 Å². The van der Waals surface area contributed by atoms with Gasteiger partial charge in [0, 0.05) is 12.6 Å². The number of carbonyl (C=O) groups is 1. The van der Waals surface area contributed by atoms with E-state index in [4.69, 9.17) is 9.84 Å². The third kappa shape index (κ3) is 4.90. The molecule has 1 aliphatic rings. The lowest BCUT2D eigenvalue weighted by Gasteiger charge is -2.32. The van der Waals surface area contributed by atoms with E-state index in [0.717, 1.165) is 19.3 Å². The molecule has 1 fully saturated rings. The number of hydrogen-bond acceptors (Lipinski definition) is 2. The Morgan fingerprint density at radius 3 is 2.86 bits per heavy atom. The molecule has 0 aromatic heterocycles. The van der Waals surface area contributed by atoms with Gasteiger partial charge < -0.3 is 14.7 Å². The Labute approximate surface area is 126 Å². The van der Waals surface area contributed by atoms with Gasteiger partial charge in [-0.3, -0.25) is 0 Å². The molecule has 0 unspecified atom stereocenters. The topological polar surface area (TPSA) is 49.8 Å². The summed E-state index contributed by atoms with van der Waals surface area (Å²) in [7, 11) is 0. The van der Waals surface area contributed by atoms with Gasteiger partial charge in [0.15, 0.2) is 0 Å². The van der Waals surface area contributed by atoms with Crippen molar-refractivity contribution in [3.8, 4) is 0 Å². The molecule has 1 aromatic carbocycles. The van der Waals surface area contributed by atoms with Crippen LogP contribution in [-0.2, 0) is 11.3 Å². The van der Waals surface area contributed by atoms with E-state index in [-0.39, 0.29) is 6.04 Å². The van der Waals surface area contributed by atoms with Crippen LogP contribution in [0.25, 0.3) is 0 Å². The highest BCUT2D eigenvalue weighted by Crippen LogP contribution is 2.22. The van der Waals surface area contributed by atoms with Crippen molar-refractivity contribution in [3.05, 3.63) is 47.5 Å². The predicted molar refractivity (Wildman–Crippen MR) is 82.2 cm³/mol. The number of benzene rings is 1. The SMILES string of the molecule is C[C@@H]1C/C(=C/CCOCc2ccccc2)CCN1C(=O)O. The van der Waals surface area contributed by atoms with Crippen molar-refractivity contribution < 1.29 is 14.6 Å². The second kappa shape index (κ2) is 7.84. The van der Waals surface area contributed by atoms with Crippen molar-refractivity contribution in [2.24, 2.45) is 0 Å². The van der Waals surface area contributed by atoms with Gasteiger partial charge in [0.25, 0.3) is 0 Å². The minimum atomic E-state index is -0.812. The lowest BCUT2D eigenvalue weighted by molar-refractivity contribution is 0.119. The predicted octanol–water partition coefficient (Wildman–Crippen LogP) is 3.68. The zero-order chi connectivity index (χ0) is 15.1. The second-order valence-electron chi connectivity index (χ2n) is 5.47. The molecule has 21 heavy (non-hydrogen) atoms. The monoisotopic (exact) mass is 289 g/mol. The minimum Gasteiger partial charge on any atom is -0.465 e. The summed E-state index contributed by atoms with van der Waals surface area (Å²) in [6.07, 6.45) is 3.97. The van der Waals surface area contributed by atoms with E-state index in [1.54, 1.807) is 0 Å². The van der Waals surface area contributed by atoms with E-state index in [1.807, 2.05) is 25.1 Å². The Hall–Kier alpha value is -1.81. The van der Waals surface area contributed by atoms with E-state index in [2.05, 4.69) is 18.2 Å². The number of carboxylic acid groups (broad SMARTS) is 1. The first kappa shape index (κ1) is 15.6. The molecule has 1 heterocycles. The van der Waals surface area contributed by atoms with Gasteiger partial charge in [-0.25, -0.2) is 4.79 Å². The number of nitrogens with zero attached hydrogens (tertiary/aromatic N) is 1. The van der Waals surface area contributed by atoms with Crippen LogP contribution in [-0.4, -0.2) is 35.3 Å². The third-order valence-electron chi connectivity index (χ3n) is 3.82. The number of hydrogen-bond donors (Lipinski definition) is 1. The van der Waals surface area contributed by atoms with E-state index in [0.29, 0.717) is 19.8 Å². The highest BCUT2D eigenvalue weighted by atomic mass is 16.5. The maximum atomic E-state index is 11.0. The molecule has 4 nitrogen and oxygen atoms in total. The number of amides is 1. The molecule has 1 atom stereocenters. The van der Waals surface area contributed by atoms with Gasteiger partial charge in [-0.05, 0) is 31.7 Å². The molecular formula is C17H23NO3. The molecule has 0 spiro atoms. The molecule has 114 valence electrons. The maximum absolute atomic E-state index is 11.0. The number of likely N-dealkylation sites (tertiary alicyclic amines) is 1. The zero-order valence-electron chi connectivity index (χ0n) is 12.5. The fraction of sp³-hybridized carbons (Fsp3) is 0.471. The largest absolute Gasteiger partial charge is 0.465 e. The van der Waals surface area contributed by atoms with Gasteiger partial charge in [0.2, 0.25) is 0 Å². The van der Waals surface area contributed by atoms with Gasteiger partial charge in [0.05, 0.1) is 13.2 Å². The molecule has 1 amide bonds. The van der Waals surface area contributed by atoms with Crippen molar-refractivity contribution in [2.75, 3.05) is 13.2 Å². The van der Waals surface area contributed by atoms with Crippen LogP contribution >= 0.6 is 0 Å². The van der Waals surface area contributed by atoms with E-state index in [1.165, 1.54) is 16.0 Å².